The number of aromatic nitrogens is 2. The van der Waals surface area contributed by atoms with Crippen LogP contribution in [0.4, 0.5) is 26.2 Å². The predicted octanol–water partition coefficient (Wildman–Crippen LogP) is 4.92. The summed E-state index contributed by atoms with van der Waals surface area (Å²) in [6.45, 7) is 8.49. The zero-order valence-corrected chi connectivity index (χ0v) is 18.9. The Morgan fingerprint density at radius 1 is 0.969 bits per heavy atom. The number of rotatable bonds is 5. The standard InChI is InChI=1S/C24H30FN5O2/c1-4-29-21-14-19(27-23(31)26-17-10-9-16(3)18(25)13-17)20(28-11-7-6-8-12-28)15-22(21)30(5-2)24(29)32/h9-10,13-15H,4-8,11-12H2,1-3H3,(H2,26,27,31). The van der Waals surface area contributed by atoms with E-state index < -0.39 is 6.03 Å². The van der Waals surface area contributed by atoms with E-state index in [0.29, 0.717) is 30.0 Å². The van der Waals surface area contributed by atoms with E-state index in [1.54, 1.807) is 28.2 Å². The molecule has 0 radical (unpaired) electrons. The molecule has 0 saturated carbocycles. The minimum atomic E-state index is -0.453. The molecule has 2 amide bonds. The van der Waals surface area contributed by atoms with Gasteiger partial charge in [-0.25, -0.2) is 14.0 Å². The Labute approximate surface area is 186 Å². The SMILES string of the molecule is CCn1c(=O)n(CC)c2cc(N3CCCCC3)c(NC(=O)Nc3ccc(C)c(F)c3)cc21. The van der Waals surface area contributed by atoms with Gasteiger partial charge in [-0.2, -0.15) is 0 Å². The first-order chi connectivity index (χ1) is 15.4. The molecule has 1 aromatic heterocycles. The number of aryl methyl sites for hydroxylation is 3. The second-order valence-electron chi connectivity index (χ2n) is 8.22. The maximum atomic E-state index is 13.9. The fraction of sp³-hybridized carbons (Fsp3) is 0.417. The van der Waals surface area contributed by atoms with Crippen LogP contribution in [0.15, 0.2) is 35.1 Å². The fourth-order valence-electron chi connectivity index (χ4n) is 4.41. The molecule has 0 spiro atoms. The molecular weight excluding hydrogens is 409 g/mol. The molecule has 7 nitrogen and oxygen atoms in total. The third kappa shape index (κ3) is 4.09. The van der Waals surface area contributed by atoms with Crippen LogP contribution in [-0.2, 0) is 13.1 Å². The smallest absolute Gasteiger partial charge is 0.329 e. The number of amides is 2. The van der Waals surface area contributed by atoms with Crippen LogP contribution < -0.4 is 21.2 Å². The van der Waals surface area contributed by atoms with Crippen molar-refractivity contribution in [1.82, 2.24) is 9.13 Å². The van der Waals surface area contributed by atoms with E-state index in [4.69, 9.17) is 0 Å². The molecule has 1 fully saturated rings. The lowest BCUT2D eigenvalue weighted by atomic mass is 10.1. The van der Waals surface area contributed by atoms with E-state index in [2.05, 4.69) is 15.5 Å². The first kappa shape index (κ1) is 21.9. The molecule has 0 bridgehead atoms. The third-order valence-electron chi connectivity index (χ3n) is 6.14. The minimum Gasteiger partial charge on any atom is -0.370 e. The number of halogens is 1. The van der Waals surface area contributed by atoms with Crippen LogP contribution in [0.3, 0.4) is 0 Å². The summed E-state index contributed by atoms with van der Waals surface area (Å²) in [7, 11) is 0. The van der Waals surface area contributed by atoms with Gasteiger partial charge >= 0.3 is 11.7 Å². The average Bonchev–Trinajstić information content (AvgIpc) is 3.05. The summed E-state index contributed by atoms with van der Waals surface area (Å²) in [6.07, 6.45) is 3.36. The zero-order valence-electron chi connectivity index (χ0n) is 18.9. The van der Waals surface area contributed by atoms with Crippen LogP contribution in [-0.4, -0.2) is 28.3 Å². The highest BCUT2D eigenvalue weighted by atomic mass is 19.1. The Bertz CT molecular complexity index is 1210. The molecule has 0 aliphatic carbocycles. The van der Waals surface area contributed by atoms with Gasteiger partial charge in [0.25, 0.3) is 0 Å². The number of urea groups is 1. The summed E-state index contributed by atoms with van der Waals surface area (Å²) in [5.41, 5.74) is 4.05. The Morgan fingerprint density at radius 3 is 2.25 bits per heavy atom. The molecule has 0 unspecified atom stereocenters. The Balaban J connectivity index is 1.74. The molecule has 0 atom stereocenters. The number of carbonyl (C=O) groups excluding carboxylic acids is 1. The number of carbonyl (C=O) groups is 1. The number of benzene rings is 2. The molecule has 2 aromatic carbocycles. The fourth-order valence-corrected chi connectivity index (χ4v) is 4.41. The predicted molar refractivity (Wildman–Crippen MR) is 127 cm³/mol. The highest BCUT2D eigenvalue weighted by Crippen LogP contribution is 2.33. The third-order valence-corrected chi connectivity index (χ3v) is 6.14. The van der Waals surface area contributed by atoms with Gasteiger partial charge in [0.05, 0.1) is 22.4 Å². The van der Waals surface area contributed by atoms with E-state index in [0.717, 1.165) is 42.7 Å². The number of nitrogens with zero attached hydrogens (tertiary/aromatic N) is 3. The molecular formula is C24H30FN5O2. The number of hydrogen-bond donors (Lipinski definition) is 2. The normalized spacial score (nSPS) is 14.1. The first-order valence-electron chi connectivity index (χ1n) is 11.3. The van der Waals surface area contributed by atoms with Crippen molar-refractivity contribution in [2.45, 2.75) is 53.1 Å². The maximum absolute atomic E-state index is 13.9. The molecule has 2 N–H and O–H groups in total. The summed E-state index contributed by atoms with van der Waals surface area (Å²) in [5.74, 6) is -0.369. The molecule has 1 aliphatic heterocycles. The van der Waals surface area contributed by atoms with Crippen LogP contribution in [0, 0.1) is 12.7 Å². The second-order valence-corrected chi connectivity index (χ2v) is 8.22. The molecule has 1 saturated heterocycles. The Hall–Kier alpha value is -3.29. The van der Waals surface area contributed by atoms with Crippen LogP contribution in [0.25, 0.3) is 11.0 Å². The monoisotopic (exact) mass is 439 g/mol. The van der Waals surface area contributed by atoms with E-state index in [1.165, 1.54) is 12.5 Å². The summed E-state index contributed by atoms with van der Waals surface area (Å²) in [5, 5.41) is 5.65. The zero-order chi connectivity index (χ0) is 22.8. The summed E-state index contributed by atoms with van der Waals surface area (Å²) in [4.78, 5) is 27.9. The highest BCUT2D eigenvalue weighted by Gasteiger charge is 2.21. The molecule has 3 aromatic rings. The Morgan fingerprint density at radius 2 is 1.62 bits per heavy atom. The van der Waals surface area contributed by atoms with Gasteiger partial charge in [0, 0.05) is 31.9 Å². The molecule has 170 valence electrons. The number of nitrogens with one attached hydrogen (secondary N) is 2. The second kappa shape index (κ2) is 9.06. The molecule has 32 heavy (non-hydrogen) atoms. The maximum Gasteiger partial charge on any atom is 0.329 e. The van der Waals surface area contributed by atoms with Crippen LogP contribution >= 0.6 is 0 Å². The van der Waals surface area contributed by atoms with Crippen LogP contribution in [0.1, 0.15) is 38.7 Å². The van der Waals surface area contributed by atoms with Gasteiger partial charge < -0.3 is 15.5 Å². The van der Waals surface area contributed by atoms with Crippen molar-refractivity contribution in [2.75, 3.05) is 28.6 Å². The lowest BCUT2D eigenvalue weighted by Crippen LogP contribution is -2.31. The number of fused-ring (bicyclic) bond motifs is 1. The van der Waals surface area contributed by atoms with Gasteiger partial charge in [0.15, 0.2) is 0 Å². The van der Waals surface area contributed by atoms with Crippen molar-refractivity contribution in [3.63, 3.8) is 0 Å². The van der Waals surface area contributed by atoms with Crippen molar-refractivity contribution in [1.29, 1.82) is 0 Å². The molecule has 1 aliphatic rings. The number of piperidine rings is 1. The van der Waals surface area contributed by atoms with Gasteiger partial charge in [-0.05, 0) is 69.9 Å². The van der Waals surface area contributed by atoms with E-state index in [9.17, 15) is 14.0 Å². The quantitative estimate of drug-likeness (QED) is 0.593. The molecule has 4 rings (SSSR count). The lowest BCUT2D eigenvalue weighted by Gasteiger charge is -2.30. The summed E-state index contributed by atoms with van der Waals surface area (Å²) >= 11 is 0. The van der Waals surface area contributed by atoms with Crippen molar-refractivity contribution in [3.8, 4) is 0 Å². The summed E-state index contributed by atoms with van der Waals surface area (Å²) in [6, 6.07) is 8.04. The van der Waals surface area contributed by atoms with Gasteiger partial charge in [-0.1, -0.05) is 6.07 Å². The van der Waals surface area contributed by atoms with Gasteiger partial charge in [0.1, 0.15) is 5.82 Å². The molecule has 8 heteroatoms. The molecule has 2 heterocycles. The largest absolute Gasteiger partial charge is 0.370 e. The number of anilines is 3. The number of imidazole rings is 1. The van der Waals surface area contributed by atoms with Gasteiger partial charge in [-0.15, -0.1) is 0 Å². The first-order valence-corrected chi connectivity index (χ1v) is 11.3. The highest BCUT2D eigenvalue weighted by molar-refractivity contribution is 6.04. The van der Waals surface area contributed by atoms with Crippen LogP contribution in [0.2, 0.25) is 0 Å². The Kier molecular flexibility index (Phi) is 6.21. The van der Waals surface area contributed by atoms with Crippen molar-refractivity contribution in [2.24, 2.45) is 0 Å². The van der Waals surface area contributed by atoms with Crippen molar-refractivity contribution >= 4 is 34.1 Å². The average molecular weight is 440 g/mol. The van der Waals surface area contributed by atoms with E-state index in [1.807, 2.05) is 26.0 Å². The summed E-state index contributed by atoms with van der Waals surface area (Å²) < 4.78 is 17.4. The topological polar surface area (TPSA) is 71.3 Å². The van der Waals surface area contributed by atoms with Gasteiger partial charge in [-0.3, -0.25) is 9.13 Å². The van der Waals surface area contributed by atoms with Crippen molar-refractivity contribution in [3.05, 3.63) is 52.2 Å². The van der Waals surface area contributed by atoms with Crippen LogP contribution in [0.5, 0.6) is 0 Å². The lowest BCUT2D eigenvalue weighted by molar-refractivity contribution is 0.262. The minimum absolute atomic E-state index is 0.0497. The van der Waals surface area contributed by atoms with Crippen molar-refractivity contribution < 1.29 is 9.18 Å². The van der Waals surface area contributed by atoms with E-state index >= 15 is 0 Å². The van der Waals surface area contributed by atoms with E-state index in [-0.39, 0.29) is 11.5 Å². The number of hydrogen-bond acceptors (Lipinski definition) is 3. The van der Waals surface area contributed by atoms with Gasteiger partial charge in [0.2, 0.25) is 0 Å².